The monoisotopic (exact) mass is 392 g/mol. The Bertz CT molecular complexity index is 940. The first-order valence-electron chi connectivity index (χ1n) is 8.67. The Kier molecular flexibility index (Phi) is 5.76. The van der Waals surface area contributed by atoms with Gasteiger partial charge < -0.3 is 10.1 Å². The molecule has 27 heavy (non-hydrogen) atoms. The summed E-state index contributed by atoms with van der Waals surface area (Å²) in [7, 11) is -2.22. The quantitative estimate of drug-likeness (QED) is 0.847. The highest BCUT2D eigenvalue weighted by Gasteiger charge is 2.26. The van der Waals surface area contributed by atoms with E-state index >= 15 is 0 Å². The standard InChI is InChI=1S/C19H21FN2O4S/c1-26-18-9-8-14(20)12-17(18)19(23)21-15-6-5-7-16(13-15)27(24,25)22-10-3-2-4-11-22/h5-9,12-13H,2-4,10-11H2,1H3,(H,21,23). The van der Waals surface area contributed by atoms with Gasteiger partial charge in [-0.15, -0.1) is 0 Å². The fraction of sp³-hybridized carbons (Fsp3) is 0.316. The van der Waals surface area contributed by atoms with Gasteiger partial charge in [0, 0.05) is 18.8 Å². The molecular weight excluding hydrogens is 371 g/mol. The van der Waals surface area contributed by atoms with Crippen LogP contribution in [0.3, 0.4) is 0 Å². The third kappa shape index (κ3) is 4.28. The Balaban J connectivity index is 1.84. The summed E-state index contributed by atoms with van der Waals surface area (Å²) in [6.45, 7) is 0.999. The lowest BCUT2D eigenvalue weighted by Crippen LogP contribution is -2.35. The van der Waals surface area contributed by atoms with Gasteiger partial charge in [-0.25, -0.2) is 12.8 Å². The molecule has 2 aromatic rings. The second-order valence-electron chi connectivity index (χ2n) is 6.29. The topological polar surface area (TPSA) is 75.7 Å². The number of halogens is 1. The van der Waals surface area contributed by atoms with Crippen molar-refractivity contribution in [3.05, 3.63) is 53.8 Å². The van der Waals surface area contributed by atoms with Crippen molar-refractivity contribution in [3.63, 3.8) is 0 Å². The van der Waals surface area contributed by atoms with Crippen LogP contribution >= 0.6 is 0 Å². The number of methoxy groups -OCH3 is 1. The normalized spacial score (nSPS) is 15.3. The number of rotatable bonds is 5. The molecule has 1 saturated heterocycles. The Morgan fingerprint density at radius 1 is 1.11 bits per heavy atom. The van der Waals surface area contributed by atoms with Crippen LogP contribution in [0.5, 0.6) is 5.75 Å². The highest BCUT2D eigenvalue weighted by atomic mass is 32.2. The molecule has 0 aliphatic carbocycles. The van der Waals surface area contributed by atoms with Crippen LogP contribution in [0.25, 0.3) is 0 Å². The van der Waals surface area contributed by atoms with Gasteiger partial charge in [0.1, 0.15) is 11.6 Å². The highest BCUT2D eigenvalue weighted by molar-refractivity contribution is 7.89. The average molecular weight is 392 g/mol. The van der Waals surface area contributed by atoms with Crippen molar-refractivity contribution in [3.8, 4) is 5.75 Å². The van der Waals surface area contributed by atoms with Crippen LogP contribution in [0.1, 0.15) is 29.6 Å². The molecule has 1 aliphatic rings. The zero-order valence-electron chi connectivity index (χ0n) is 14.9. The smallest absolute Gasteiger partial charge is 0.259 e. The summed E-state index contributed by atoms with van der Waals surface area (Å²) in [5, 5.41) is 2.61. The van der Waals surface area contributed by atoms with Gasteiger partial charge in [0.05, 0.1) is 17.6 Å². The minimum atomic E-state index is -3.61. The average Bonchev–Trinajstić information content (AvgIpc) is 2.69. The van der Waals surface area contributed by atoms with Crippen molar-refractivity contribution in [2.75, 3.05) is 25.5 Å². The first-order valence-corrected chi connectivity index (χ1v) is 10.1. The molecular formula is C19H21FN2O4S. The fourth-order valence-electron chi connectivity index (χ4n) is 3.04. The number of hydrogen-bond donors (Lipinski definition) is 1. The molecule has 6 nitrogen and oxygen atoms in total. The van der Waals surface area contributed by atoms with E-state index in [1.807, 2.05) is 0 Å². The Morgan fingerprint density at radius 3 is 2.56 bits per heavy atom. The van der Waals surface area contributed by atoms with Gasteiger partial charge in [-0.1, -0.05) is 12.5 Å². The van der Waals surface area contributed by atoms with Gasteiger partial charge in [0.25, 0.3) is 5.91 Å². The van der Waals surface area contributed by atoms with Crippen molar-refractivity contribution in [2.24, 2.45) is 0 Å². The lowest BCUT2D eigenvalue weighted by atomic mass is 10.1. The summed E-state index contributed by atoms with van der Waals surface area (Å²) in [5.41, 5.74) is 0.339. The Hall–Kier alpha value is -2.45. The first-order chi connectivity index (χ1) is 12.9. The van der Waals surface area contributed by atoms with Crippen LogP contribution < -0.4 is 10.1 Å². The fourth-order valence-corrected chi connectivity index (χ4v) is 4.61. The summed E-state index contributed by atoms with van der Waals surface area (Å²) < 4.78 is 45.6. The number of amides is 1. The van der Waals surface area contributed by atoms with E-state index in [-0.39, 0.29) is 16.2 Å². The van der Waals surface area contributed by atoms with Gasteiger partial charge in [0.15, 0.2) is 0 Å². The van der Waals surface area contributed by atoms with Crippen LogP contribution in [-0.4, -0.2) is 38.8 Å². The Morgan fingerprint density at radius 2 is 1.85 bits per heavy atom. The number of benzene rings is 2. The summed E-state index contributed by atoms with van der Waals surface area (Å²) in [4.78, 5) is 12.6. The molecule has 1 fully saturated rings. The SMILES string of the molecule is COc1ccc(F)cc1C(=O)Nc1cccc(S(=O)(=O)N2CCCCC2)c1. The number of hydrogen-bond acceptors (Lipinski definition) is 4. The number of ether oxygens (including phenoxy) is 1. The van der Waals surface area contributed by atoms with Crippen molar-refractivity contribution in [2.45, 2.75) is 24.2 Å². The third-order valence-corrected chi connectivity index (χ3v) is 6.35. The summed E-state index contributed by atoms with van der Waals surface area (Å²) >= 11 is 0. The minimum absolute atomic E-state index is 0.0294. The highest BCUT2D eigenvalue weighted by Crippen LogP contribution is 2.24. The van der Waals surface area contributed by atoms with E-state index in [0.717, 1.165) is 25.3 Å². The molecule has 0 unspecified atom stereocenters. The summed E-state index contributed by atoms with van der Waals surface area (Å²) in [6, 6.07) is 9.69. The molecule has 1 aliphatic heterocycles. The van der Waals surface area contributed by atoms with Gasteiger partial charge in [0.2, 0.25) is 10.0 Å². The lowest BCUT2D eigenvalue weighted by molar-refractivity contribution is 0.102. The number of nitrogens with one attached hydrogen (secondary N) is 1. The van der Waals surface area contributed by atoms with E-state index in [1.54, 1.807) is 12.1 Å². The van der Waals surface area contributed by atoms with Gasteiger partial charge >= 0.3 is 0 Å². The molecule has 1 N–H and O–H groups in total. The maximum atomic E-state index is 13.5. The molecule has 0 saturated carbocycles. The van der Waals surface area contributed by atoms with E-state index in [9.17, 15) is 17.6 Å². The van der Waals surface area contributed by atoms with Gasteiger partial charge in [-0.3, -0.25) is 4.79 Å². The van der Waals surface area contributed by atoms with E-state index in [4.69, 9.17) is 4.74 Å². The number of sulfonamides is 1. The largest absolute Gasteiger partial charge is 0.496 e. The molecule has 0 aromatic heterocycles. The van der Waals surface area contributed by atoms with Crippen LogP contribution in [0.4, 0.5) is 10.1 Å². The molecule has 3 rings (SSSR count). The molecule has 0 spiro atoms. The van der Waals surface area contributed by atoms with Gasteiger partial charge in [-0.05, 0) is 49.2 Å². The number of nitrogens with zero attached hydrogens (tertiary/aromatic N) is 1. The maximum absolute atomic E-state index is 13.5. The molecule has 1 amide bonds. The first kappa shape index (κ1) is 19.3. The Labute approximate surface area is 158 Å². The summed E-state index contributed by atoms with van der Waals surface area (Å²) in [5.74, 6) is -0.924. The predicted molar refractivity (Wildman–Crippen MR) is 100.0 cm³/mol. The molecule has 2 aromatic carbocycles. The second kappa shape index (κ2) is 8.06. The zero-order valence-corrected chi connectivity index (χ0v) is 15.8. The van der Waals surface area contributed by atoms with E-state index in [1.165, 1.54) is 35.7 Å². The number of piperidine rings is 1. The van der Waals surface area contributed by atoms with Crippen molar-refractivity contribution >= 4 is 21.6 Å². The molecule has 1 heterocycles. The van der Waals surface area contributed by atoms with Crippen LogP contribution in [0, 0.1) is 5.82 Å². The molecule has 0 bridgehead atoms. The molecule has 0 radical (unpaired) electrons. The van der Waals surface area contributed by atoms with Crippen molar-refractivity contribution < 1.29 is 22.3 Å². The molecule has 144 valence electrons. The number of carbonyl (C=O) groups is 1. The maximum Gasteiger partial charge on any atom is 0.259 e. The van der Waals surface area contributed by atoms with E-state index in [0.29, 0.717) is 18.8 Å². The van der Waals surface area contributed by atoms with Crippen molar-refractivity contribution in [1.29, 1.82) is 0 Å². The lowest BCUT2D eigenvalue weighted by Gasteiger charge is -2.26. The summed E-state index contributed by atoms with van der Waals surface area (Å²) in [6.07, 6.45) is 2.71. The minimum Gasteiger partial charge on any atom is -0.496 e. The third-order valence-electron chi connectivity index (χ3n) is 4.45. The number of carbonyl (C=O) groups excluding carboxylic acids is 1. The van der Waals surface area contributed by atoms with E-state index < -0.39 is 21.7 Å². The second-order valence-corrected chi connectivity index (χ2v) is 8.23. The van der Waals surface area contributed by atoms with Gasteiger partial charge in [-0.2, -0.15) is 4.31 Å². The van der Waals surface area contributed by atoms with Crippen molar-refractivity contribution in [1.82, 2.24) is 4.31 Å². The molecule has 0 atom stereocenters. The predicted octanol–water partition coefficient (Wildman–Crippen LogP) is 3.26. The number of anilines is 1. The van der Waals surface area contributed by atoms with Crippen LogP contribution in [0.15, 0.2) is 47.4 Å². The van der Waals surface area contributed by atoms with E-state index in [2.05, 4.69) is 5.32 Å². The van der Waals surface area contributed by atoms with Crippen LogP contribution in [-0.2, 0) is 10.0 Å². The zero-order chi connectivity index (χ0) is 19.4. The molecule has 8 heteroatoms. The van der Waals surface area contributed by atoms with Crippen LogP contribution in [0.2, 0.25) is 0 Å².